The van der Waals surface area contributed by atoms with Gasteiger partial charge >= 0.3 is 0 Å². The number of ether oxygens (including phenoxy) is 1. The third-order valence-corrected chi connectivity index (χ3v) is 7.88. The molecule has 35 heavy (non-hydrogen) atoms. The van der Waals surface area contributed by atoms with Gasteiger partial charge in [0, 0.05) is 30.2 Å². The molecule has 1 amide bonds. The van der Waals surface area contributed by atoms with Crippen LogP contribution in [0.3, 0.4) is 0 Å². The second-order valence-corrected chi connectivity index (χ2v) is 10.7. The van der Waals surface area contributed by atoms with Crippen LogP contribution in [0.4, 0.5) is 5.69 Å². The van der Waals surface area contributed by atoms with E-state index in [0.29, 0.717) is 18.0 Å². The van der Waals surface area contributed by atoms with E-state index >= 15 is 0 Å². The Morgan fingerprint density at radius 1 is 1.17 bits per heavy atom. The average molecular weight is 475 g/mol. The van der Waals surface area contributed by atoms with Crippen LogP contribution < -0.4 is 10.6 Å². The summed E-state index contributed by atoms with van der Waals surface area (Å²) >= 11 is 0. The number of amides is 1. The van der Waals surface area contributed by atoms with Gasteiger partial charge in [0.05, 0.1) is 5.60 Å². The lowest BCUT2D eigenvalue weighted by molar-refractivity contribution is -0.0592. The number of fused-ring (bicyclic) bond motifs is 1. The number of rotatable bonds is 5. The second-order valence-electron chi connectivity index (χ2n) is 10.7. The highest BCUT2D eigenvalue weighted by atomic mass is 16.5. The monoisotopic (exact) mass is 474 g/mol. The van der Waals surface area contributed by atoms with Gasteiger partial charge in [0.2, 0.25) is 0 Å². The van der Waals surface area contributed by atoms with Crippen LogP contribution in [0.15, 0.2) is 59.8 Å². The maximum Gasteiger partial charge on any atom is 0.274 e. The van der Waals surface area contributed by atoms with Crippen LogP contribution in [0.5, 0.6) is 0 Å². The number of anilines is 1. The van der Waals surface area contributed by atoms with E-state index in [9.17, 15) is 10.0 Å². The van der Waals surface area contributed by atoms with E-state index in [4.69, 9.17) is 10.5 Å². The Kier molecular flexibility index (Phi) is 5.63. The molecule has 1 aliphatic carbocycles. The molecule has 3 atom stereocenters. The zero-order valence-electron chi connectivity index (χ0n) is 20.9. The Morgan fingerprint density at radius 3 is 2.51 bits per heavy atom. The molecule has 7 heteroatoms. The molecule has 1 aromatic heterocycles. The predicted octanol–water partition coefficient (Wildman–Crippen LogP) is 5.07. The summed E-state index contributed by atoms with van der Waals surface area (Å²) in [5.74, 6) is 0.536. The van der Waals surface area contributed by atoms with E-state index in [-0.39, 0.29) is 23.3 Å². The lowest BCUT2D eigenvalue weighted by atomic mass is 9.83. The number of carbonyl (C=O) groups is 1. The number of amidine groups is 1. The predicted molar refractivity (Wildman–Crippen MR) is 138 cm³/mol. The van der Waals surface area contributed by atoms with E-state index in [0.717, 1.165) is 36.0 Å². The van der Waals surface area contributed by atoms with Gasteiger partial charge in [-0.3, -0.25) is 4.79 Å². The molecule has 1 saturated heterocycles. The van der Waals surface area contributed by atoms with E-state index in [1.54, 1.807) is 11.9 Å². The van der Waals surface area contributed by atoms with Gasteiger partial charge in [-0.15, -0.1) is 0 Å². The summed E-state index contributed by atoms with van der Waals surface area (Å²) in [4.78, 5) is 15.5. The fourth-order valence-corrected chi connectivity index (χ4v) is 5.81. The first-order valence-corrected chi connectivity index (χ1v) is 12.3. The first kappa shape index (κ1) is 23.4. The van der Waals surface area contributed by atoms with Crippen LogP contribution in [-0.4, -0.2) is 40.8 Å². The van der Waals surface area contributed by atoms with Crippen molar-refractivity contribution in [3.63, 3.8) is 0 Å². The molecule has 3 aromatic rings. The van der Waals surface area contributed by atoms with Gasteiger partial charge in [-0.2, -0.15) is 0 Å². The number of hydrogen-bond acceptors (Lipinski definition) is 4. The molecule has 2 aliphatic rings. The molecule has 1 saturated carbocycles. The van der Waals surface area contributed by atoms with Gasteiger partial charge in [0.25, 0.3) is 5.91 Å². The Bertz CT molecular complexity index is 1300. The minimum Gasteiger partial charge on any atom is -0.409 e. The van der Waals surface area contributed by atoms with E-state index in [1.165, 1.54) is 5.56 Å². The van der Waals surface area contributed by atoms with Crippen LogP contribution in [0.1, 0.15) is 62.0 Å². The molecule has 184 valence electrons. The smallest absolute Gasteiger partial charge is 0.274 e. The molecule has 0 unspecified atom stereocenters. The zero-order valence-corrected chi connectivity index (χ0v) is 20.9. The van der Waals surface area contributed by atoms with Gasteiger partial charge in [0.1, 0.15) is 11.2 Å². The van der Waals surface area contributed by atoms with Crippen LogP contribution in [0.25, 0.3) is 10.9 Å². The summed E-state index contributed by atoms with van der Waals surface area (Å²) < 4.78 is 7.93. The van der Waals surface area contributed by atoms with Gasteiger partial charge in [-0.25, -0.2) is 0 Å². The van der Waals surface area contributed by atoms with E-state index < -0.39 is 5.54 Å². The minimum absolute atomic E-state index is 0.133. The lowest BCUT2D eigenvalue weighted by Crippen LogP contribution is -2.39. The van der Waals surface area contributed by atoms with Crippen molar-refractivity contribution < 1.29 is 14.7 Å². The van der Waals surface area contributed by atoms with Crippen LogP contribution in [0, 0.1) is 5.92 Å². The van der Waals surface area contributed by atoms with Crippen molar-refractivity contribution in [2.75, 3.05) is 18.6 Å². The number of hydrogen-bond donors (Lipinski definition) is 2. The maximum absolute atomic E-state index is 13.8. The fraction of sp³-hybridized carbons (Fsp3) is 0.429. The van der Waals surface area contributed by atoms with Crippen molar-refractivity contribution in [3.05, 3.63) is 65.9 Å². The first-order chi connectivity index (χ1) is 16.7. The summed E-state index contributed by atoms with van der Waals surface area (Å²) in [5, 5.41) is 14.0. The molecule has 0 bridgehead atoms. The molecule has 0 radical (unpaired) electrons. The van der Waals surface area contributed by atoms with Crippen molar-refractivity contribution in [1.29, 1.82) is 0 Å². The summed E-state index contributed by atoms with van der Waals surface area (Å²) in [6.07, 6.45) is 2.63. The lowest BCUT2D eigenvalue weighted by Gasteiger charge is -2.35. The molecule has 3 N–H and O–H groups in total. The number of carbonyl (C=O) groups excluding carboxylic acids is 1. The molecule has 0 spiro atoms. The second kappa shape index (κ2) is 8.41. The van der Waals surface area contributed by atoms with Crippen molar-refractivity contribution in [3.8, 4) is 0 Å². The van der Waals surface area contributed by atoms with Gasteiger partial charge < -0.3 is 25.1 Å². The fourth-order valence-electron chi connectivity index (χ4n) is 5.81. The molecule has 2 fully saturated rings. The highest BCUT2D eigenvalue weighted by Crippen LogP contribution is 2.53. The molecule has 5 rings (SSSR count). The summed E-state index contributed by atoms with van der Waals surface area (Å²) in [7, 11) is 1.78. The quantitative estimate of drug-likeness (QED) is 0.234. The topological polar surface area (TPSA) is 93.1 Å². The third kappa shape index (κ3) is 3.88. The summed E-state index contributed by atoms with van der Waals surface area (Å²) in [6.45, 7) is 7.09. The van der Waals surface area contributed by atoms with E-state index in [2.05, 4.69) is 44.1 Å². The number of nitrogens with two attached hydrogens (primary N) is 1. The normalized spacial score (nSPS) is 26.0. The Labute approximate surface area is 206 Å². The molecular formula is C28H34N4O3. The Balaban J connectivity index is 1.64. The standard InChI is InChI=1S/C28H34N4O3/c1-18-16-28(18,26(29)30-34)32-23-11-10-19(20-12-13-35-27(2,3)17-20)14-21(23)15-24(32)25(33)31(4)22-8-6-5-7-9-22/h5-11,14-15,18,20,34H,12-13,16-17H2,1-4H3,(H2,29,30)/t18-,20+,28-/m0/s1. The van der Waals surface area contributed by atoms with Crippen LogP contribution in [-0.2, 0) is 10.3 Å². The number of para-hydroxylation sites is 1. The zero-order chi connectivity index (χ0) is 25.0. The Hall–Kier alpha value is -3.32. The highest BCUT2D eigenvalue weighted by Gasteiger charge is 2.58. The van der Waals surface area contributed by atoms with Crippen LogP contribution >= 0.6 is 0 Å². The minimum atomic E-state index is -0.721. The molecule has 1 aliphatic heterocycles. The van der Waals surface area contributed by atoms with Crippen molar-refractivity contribution in [2.24, 2.45) is 16.8 Å². The van der Waals surface area contributed by atoms with E-state index in [1.807, 2.05) is 41.0 Å². The van der Waals surface area contributed by atoms with Gasteiger partial charge in [0.15, 0.2) is 5.84 Å². The summed E-state index contributed by atoms with van der Waals surface area (Å²) in [5.41, 5.74) is 8.90. The largest absolute Gasteiger partial charge is 0.409 e. The maximum atomic E-state index is 13.8. The van der Waals surface area contributed by atoms with Crippen molar-refractivity contribution in [1.82, 2.24) is 4.57 Å². The highest BCUT2D eigenvalue weighted by molar-refractivity contribution is 6.09. The molecular weight excluding hydrogens is 440 g/mol. The number of aromatic nitrogens is 1. The molecule has 2 heterocycles. The summed E-state index contributed by atoms with van der Waals surface area (Å²) in [6, 6.07) is 18.0. The van der Waals surface area contributed by atoms with Gasteiger partial charge in [-0.05, 0) is 80.8 Å². The first-order valence-electron chi connectivity index (χ1n) is 12.3. The van der Waals surface area contributed by atoms with Crippen molar-refractivity contribution >= 4 is 28.3 Å². The SMILES string of the molecule is C[C@H]1C[C@]1(/C(N)=N/O)n1c(C(=O)N(C)c2ccccc2)cc2cc([C@@H]3CCOC(C)(C)C3)ccc21. The average Bonchev–Trinajstić information content (AvgIpc) is 3.38. The van der Waals surface area contributed by atoms with Crippen molar-refractivity contribution in [2.45, 2.75) is 57.1 Å². The number of nitrogens with zero attached hydrogens (tertiary/aromatic N) is 3. The van der Waals surface area contributed by atoms with Gasteiger partial charge in [-0.1, -0.05) is 36.3 Å². The molecule has 7 nitrogen and oxygen atoms in total. The number of oxime groups is 1. The molecule has 2 aromatic carbocycles. The Morgan fingerprint density at radius 2 is 1.89 bits per heavy atom. The number of benzene rings is 2. The third-order valence-electron chi connectivity index (χ3n) is 7.88. The van der Waals surface area contributed by atoms with Crippen LogP contribution in [0.2, 0.25) is 0 Å².